The van der Waals surface area contributed by atoms with Gasteiger partial charge in [-0.1, -0.05) is 48.5 Å². The molecule has 0 aliphatic carbocycles. The third kappa shape index (κ3) is 2.88. The van der Waals surface area contributed by atoms with Gasteiger partial charge in [-0.05, 0) is 35.6 Å². The molecule has 2 heterocycles. The van der Waals surface area contributed by atoms with Crippen LogP contribution in [0.2, 0.25) is 0 Å². The lowest BCUT2D eigenvalue weighted by molar-refractivity contribution is 0.0968. The van der Waals surface area contributed by atoms with E-state index >= 15 is 0 Å². The first-order chi connectivity index (χ1) is 13.3. The lowest BCUT2D eigenvalue weighted by atomic mass is 10.0. The fourth-order valence-electron chi connectivity index (χ4n) is 3.77. The molecule has 0 radical (unpaired) electrons. The van der Waals surface area contributed by atoms with Crippen molar-refractivity contribution in [3.8, 4) is 5.75 Å². The molecule has 0 atom stereocenters. The maximum absolute atomic E-state index is 12.4. The Hall–Kier alpha value is -3.11. The van der Waals surface area contributed by atoms with Gasteiger partial charge in [0, 0.05) is 18.5 Å². The molecule has 134 valence electrons. The molecule has 0 bridgehead atoms. The third-order valence-corrected chi connectivity index (χ3v) is 5.19. The van der Waals surface area contributed by atoms with E-state index in [9.17, 15) is 4.79 Å². The normalized spacial score (nSPS) is 14.2. The van der Waals surface area contributed by atoms with Crippen LogP contribution in [-0.2, 0) is 13.0 Å². The number of hydrogen-bond acceptors (Lipinski definition) is 4. The van der Waals surface area contributed by atoms with Gasteiger partial charge in [0.1, 0.15) is 18.1 Å². The maximum Gasteiger partial charge on any atom is 0.344 e. The van der Waals surface area contributed by atoms with Crippen LogP contribution in [0.15, 0.2) is 75.9 Å². The van der Waals surface area contributed by atoms with Crippen molar-refractivity contribution in [2.24, 2.45) is 0 Å². The highest BCUT2D eigenvalue weighted by Gasteiger charge is 2.22. The molecule has 0 amide bonds. The van der Waals surface area contributed by atoms with E-state index in [0.29, 0.717) is 24.2 Å². The van der Waals surface area contributed by atoms with Crippen LogP contribution in [0.1, 0.15) is 11.1 Å². The first-order valence-corrected chi connectivity index (χ1v) is 9.16. The van der Waals surface area contributed by atoms with Crippen LogP contribution >= 0.6 is 0 Å². The van der Waals surface area contributed by atoms with Crippen molar-refractivity contribution in [3.05, 3.63) is 88.3 Å². The van der Waals surface area contributed by atoms with Gasteiger partial charge in [-0.25, -0.2) is 4.79 Å². The summed E-state index contributed by atoms with van der Waals surface area (Å²) in [6.07, 6.45) is 0.956. The number of nitrogens with zero attached hydrogens (tertiary/aromatic N) is 1. The van der Waals surface area contributed by atoms with Crippen molar-refractivity contribution in [3.63, 3.8) is 0 Å². The van der Waals surface area contributed by atoms with Crippen LogP contribution in [-0.4, -0.2) is 18.2 Å². The fourth-order valence-corrected chi connectivity index (χ4v) is 3.77. The summed E-state index contributed by atoms with van der Waals surface area (Å²) in [4.78, 5) is 14.7. The third-order valence-electron chi connectivity index (χ3n) is 5.19. The van der Waals surface area contributed by atoms with E-state index in [2.05, 4.69) is 29.2 Å². The molecular weight excluding hydrogens is 338 g/mol. The summed E-state index contributed by atoms with van der Waals surface area (Å²) in [6.45, 7) is 2.14. The highest BCUT2D eigenvalue weighted by Crippen LogP contribution is 2.34. The molecule has 1 aliphatic rings. The summed E-state index contributed by atoms with van der Waals surface area (Å²) in [5.41, 5.74) is 2.60. The Bertz CT molecular complexity index is 1180. The number of hydrogen-bond donors (Lipinski definition) is 0. The smallest absolute Gasteiger partial charge is 0.344 e. The van der Waals surface area contributed by atoms with Crippen molar-refractivity contribution in [1.29, 1.82) is 0 Å². The summed E-state index contributed by atoms with van der Waals surface area (Å²) in [5, 5.41) is 2.49. The lowest BCUT2D eigenvalue weighted by Crippen LogP contribution is -2.33. The molecule has 0 fully saturated rings. The SMILES string of the molecule is O=c1oc2c3c(ccc2c2ccccc12)OCN(CCc1ccccc1)C3. The molecular formula is C23H19NO3. The van der Waals surface area contributed by atoms with Crippen molar-refractivity contribution >= 4 is 21.7 Å². The molecule has 0 N–H and O–H groups in total. The lowest BCUT2D eigenvalue weighted by Gasteiger charge is -2.29. The first-order valence-electron chi connectivity index (χ1n) is 9.16. The van der Waals surface area contributed by atoms with Gasteiger partial charge in [-0.3, -0.25) is 4.90 Å². The van der Waals surface area contributed by atoms with Gasteiger partial charge in [0.2, 0.25) is 0 Å². The van der Waals surface area contributed by atoms with E-state index in [0.717, 1.165) is 35.1 Å². The van der Waals surface area contributed by atoms with Crippen molar-refractivity contribution in [2.75, 3.05) is 13.3 Å². The second kappa shape index (κ2) is 6.56. The Morgan fingerprint density at radius 1 is 0.852 bits per heavy atom. The van der Waals surface area contributed by atoms with E-state index in [4.69, 9.17) is 9.15 Å². The van der Waals surface area contributed by atoms with Gasteiger partial charge in [0.25, 0.3) is 0 Å². The van der Waals surface area contributed by atoms with Crippen molar-refractivity contribution < 1.29 is 9.15 Å². The van der Waals surface area contributed by atoms with E-state index < -0.39 is 0 Å². The topological polar surface area (TPSA) is 42.7 Å². The van der Waals surface area contributed by atoms with Crippen LogP contribution in [0.5, 0.6) is 5.75 Å². The summed E-state index contributed by atoms with van der Waals surface area (Å²) in [7, 11) is 0. The summed E-state index contributed by atoms with van der Waals surface area (Å²) >= 11 is 0. The van der Waals surface area contributed by atoms with Gasteiger partial charge in [-0.2, -0.15) is 0 Å². The molecule has 4 aromatic rings. The predicted octanol–water partition coefficient (Wildman–Crippen LogP) is 4.34. The van der Waals surface area contributed by atoms with Gasteiger partial charge < -0.3 is 9.15 Å². The van der Waals surface area contributed by atoms with Crippen LogP contribution < -0.4 is 10.4 Å². The quantitative estimate of drug-likeness (QED) is 0.404. The van der Waals surface area contributed by atoms with Crippen LogP contribution in [0.4, 0.5) is 0 Å². The highest BCUT2D eigenvalue weighted by molar-refractivity contribution is 6.05. The minimum atomic E-state index is -0.298. The molecule has 1 aliphatic heterocycles. The fraction of sp³-hybridized carbons (Fsp3) is 0.174. The van der Waals surface area contributed by atoms with E-state index in [1.165, 1.54) is 5.56 Å². The van der Waals surface area contributed by atoms with Crippen molar-refractivity contribution in [2.45, 2.75) is 13.0 Å². The molecule has 0 saturated heterocycles. The average molecular weight is 357 g/mol. The van der Waals surface area contributed by atoms with E-state index in [1.54, 1.807) is 0 Å². The second-order valence-electron chi connectivity index (χ2n) is 6.92. The summed E-state index contributed by atoms with van der Waals surface area (Å²) in [5.74, 6) is 0.803. The van der Waals surface area contributed by atoms with Gasteiger partial charge in [-0.15, -0.1) is 0 Å². The van der Waals surface area contributed by atoms with Gasteiger partial charge >= 0.3 is 5.63 Å². The molecule has 3 aromatic carbocycles. The largest absolute Gasteiger partial charge is 0.478 e. The van der Waals surface area contributed by atoms with E-state index in [1.807, 2.05) is 42.5 Å². The maximum atomic E-state index is 12.4. The minimum absolute atomic E-state index is 0.298. The molecule has 0 saturated carbocycles. The van der Waals surface area contributed by atoms with Crippen LogP contribution in [0.3, 0.4) is 0 Å². The molecule has 0 spiro atoms. The zero-order valence-corrected chi connectivity index (χ0v) is 14.9. The number of benzene rings is 3. The molecule has 4 heteroatoms. The highest BCUT2D eigenvalue weighted by atomic mass is 16.5. The standard InChI is InChI=1S/C23H19NO3/c25-23-19-9-5-4-8-17(19)18-10-11-21-20(22(18)27-23)14-24(15-26-21)13-12-16-6-2-1-3-7-16/h1-11H,12-15H2. The van der Waals surface area contributed by atoms with Gasteiger partial charge in [0.05, 0.1) is 10.9 Å². The summed E-state index contributed by atoms with van der Waals surface area (Å²) < 4.78 is 11.7. The monoisotopic (exact) mass is 357 g/mol. The Kier molecular flexibility index (Phi) is 3.91. The average Bonchev–Trinajstić information content (AvgIpc) is 2.73. The Morgan fingerprint density at radius 2 is 1.63 bits per heavy atom. The Labute approximate surface area is 156 Å². The zero-order chi connectivity index (χ0) is 18.2. The molecule has 5 rings (SSSR count). The first kappa shape index (κ1) is 16.1. The minimum Gasteiger partial charge on any atom is -0.478 e. The van der Waals surface area contributed by atoms with Crippen LogP contribution in [0, 0.1) is 0 Å². The van der Waals surface area contributed by atoms with Gasteiger partial charge in [0.15, 0.2) is 0 Å². The zero-order valence-electron chi connectivity index (χ0n) is 14.9. The Balaban J connectivity index is 1.52. The molecule has 1 aromatic heterocycles. The van der Waals surface area contributed by atoms with Crippen LogP contribution in [0.25, 0.3) is 21.7 Å². The number of ether oxygens (including phenoxy) is 1. The predicted molar refractivity (Wildman–Crippen MR) is 106 cm³/mol. The van der Waals surface area contributed by atoms with E-state index in [-0.39, 0.29) is 5.63 Å². The number of fused-ring (bicyclic) bond motifs is 5. The van der Waals surface area contributed by atoms with Crippen molar-refractivity contribution in [1.82, 2.24) is 4.90 Å². The molecule has 4 nitrogen and oxygen atoms in total. The second-order valence-corrected chi connectivity index (χ2v) is 6.92. The summed E-state index contributed by atoms with van der Waals surface area (Å²) in [6, 6.07) is 22.0. The number of rotatable bonds is 3. The molecule has 27 heavy (non-hydrogen) atoms. The molecule has 0 unspecified atom stereocenters. The Morgan fingerprint density at radius 3 is 2.48 bits per heavy atom.